The van der Waals surface area contributed by atoms with E-state index in [1.807, 2.05) is 31.2 Å². The van der Waals surface area contributed by atoms with Crippen LogP contribution in [0.1, 0.15) is 76.7 Å². The number of fused-ring (bicyclic) bond motifs is 2. The van der Waals surface area contributed by atoms with Crippen LogP contribution in [0.2, 0.25) is 0 Å². The van der Waals surface area contributed by atoms with E-state index in [1.165, 1.54) is 44.6 Å². The summed E-state index contributed by atoms with van der Waals surface area (Å²) in [5.41, 5.74) is 0.776. The molecule has 2 aliphatic rings. The molecule has 2 aliphatic carbocycles. The van der Waals surface area contributed by atoms with Crippen LogP contribution in [0.5, 0.6) is 5.75 Å². The van der Waals surface area contributed by atoms with Gasteiger partial charge in [-0.1, -0.05) is 44.4 Å². The zero-order valence-electron chi connectivity index (χ0n) is 18.3. The Balaban J connectivity index is 1.52. The molecule has 2 saturated carbocycles. The van der Waals surface area contributed by atoms with E-state index in [9.17, 15) is 4.39 Å². The van der Waals surface area contributed by atoms with Gasteiger partial charge in [0.2, 0.25) is 0 Å². The molecule has 162 valence electrons. The van der Waals surface area contributed by atoms with Crippen molar-refractivity contribution in [2.45, 2.75) is 71.1 Å². The van der Waals surface area contributed by atoms with E-state index < -0.39 is 5.82 Å². The van der Waals surface area contributed by atoms with Gasteiger partial charge in [0.25, 0.3) is 0 Å². The molecule has 0 bridgehead atoms. The number of rotatable bonds is 6. The van der Waals surface area contributed by atoms with Gasteiger partial charge in [-0.05, 0) is 91.8 Å². The topological polar surface area (TPSA) is 9.23 Å². The smallest absolute Gasteiger partial charge is 0.172 e. The zero-order valence-corrected chi connectivity index (χ0v) is 18.3. The maximum absolute atomic E-state index is 15.1. The Morgan fingerprint density at radius 3 is 2.63 bits per heavy atom. The Kier molecular flexibility index (Phi) is 6.75. The van der Waals surface area contributed by atoms with Crippen molar-refractivity contribution in [3.05, 3.63) is 53.6 Å². The van der Waals surface area contributed by atoms with Crippen LogP contribution in [0.3, 0.4) is 0 Å². The molecule has 0 aliphatic heterocycles. The minimum absolute atomic E-state index is 0.178. The monoisotopic (exact) mass is 412 g/mol. The summed E-state index contributed by atoms with van der Waals surface area (Å²) < 4.78 is 35.4. The lowest BCUT2D eigenvalue weighted by molar-refractivity contribution is 0.113. The van der Waals surface area contributed by atoms with E-state index in [4.69, 9.17) is 4.74 Å². The van der Waals surface area contributed by atoms with E-state index in [1.54, 1.807) is 6.07 Å². The molecule has 2 aromatic rings. The van der Waals surface area contributed by atoms with Crippen molar-refractivity contribution in [3.8, 4) is 5.75 Å². The van der Waals surface area contributed by atoms with Crippen LogP contribution in [-0.2, 0) is 0 Å². The summed E-state index contributed by atoms with van der Waals surface area (Å²) in [4.78, 5) is 0. The van der Waals surface area contributed by atoms with Crippen molar-refractivity contribution < 1.29 is 13.5 Å². The Bertz CT molecular complexity index is 903. The summed E-state index contributed by atoms with van der Waals surface area (Å²) in [5, 5.41) is 1.07. The lowest BCUT2D eigenvalue weighted by atomic mass is 9.63. The second kappa shape index (κ2) is 9.49. The summed E-state index contributed by atoms with van der Waals surface area (Å²) in [6, 6.07) is 6.78. The average Bonchev–Trinajstić information content (AvgIpc) is 2.75. The quantitative estimate of drug-likeness (QED) is 0.435. The van der Waals surface area contributed by atoms with Crippen LogP contribution in [0.15, 0.2) is 36.4 Å². The van der Waals surface area contributed by atoms with Gasteiger partial charge < -0.3 is 4.74 Å². The number of hydrogen-bond donors (Lipinski definition) is 0. The van der Waals surface area contributed by atoms with E-state index in [2.05, 4.69) is 6.92 Å². The summed E-state index contributed by atoms with van der Waals surface area (Å²) in [6.07, 6.45) is 13.7. The molecule has 0 N–H and O–H groups in total. The van der Waals surface area contributed by atoms with Crippen molar-refractivity contribution in [1.82, 2.24) is 0 Å². The second-order valence-electron chi connectivity index (χ2n) is 9.35. The number of ether oxygens (including phenoxy) is 1. The molecule has 4 atom stereocenters. The third kappa shape index (κ3) is 4.40. The van der Waals surface area contributed by atoms with Crippen LogP contribution < -0.4 is 4.74 Å². The van der Waals surface area contributed by atoms with E-state index in [-0.39, 0.29) is 17.5 Å². The van der Waals surface area contributed by atoms with Crippen LogP contribution in [0, 0.1) is 29.4 Å². The normalized spacial score (nSPS) is 26.8. The summed E-state index contributed by atoms with van der Waals surface area (Å²) in [5.74, 6) is 2.15. The van der Waals surface area contributed by atoms with Crippen molar-refractivity contribution >= 4 is 10.8 Å². The van der Waals surface area contributed by atoms with Crippen molar-refractivity contribution in [3.63, 3.8) is 0 Å². The van der Waals surface area contributed by atoms with Crippen LogP contribution in [0.4, 0.5) is 8.78 Å². The minimum Gasteiger partial charge on any atom is -0.486 e. The van der Waals surface area contributed by atoms with Gasteiger partial charge in [0.1, 0.15) is 12.4 Å². The van der Waals surface area contributed by atoms with E-state index in [0.29, 0.717) is 12.0 Å². The van der Waals surface area contributed by atoms with Gasteiger partial charge in [-0.25, -0.2) is 8.78 Å². The second-order valence-corrected chi connectivity index (χ2v) is 9.35. The fourth-order valence-electron chi connectivity index (χ4n) is 5.90. The largest absolute Gasteiger partial charge is 0.486 e. The standard InChI is InChI=1S/C27H34F2O/c1-3-5-13-30-26-12-11-22-16-23(25(28)17-24(22)27(26)29)21-10-9-19-14-18(6-4-2)7-8-20(19)15-21/h3,5,11-12,16-21H,4,6-10,13-15H2,1-2H3/b5-3+. The first-order valence-electron chi connectivity index (χ1n) is 11.8. The maximum atomic E-state index is 15.1. The number of benzene rings is 2. The molecule has 0 radical (unpaired) electrons. The summed E-state index contributed by atoms with van der Waals surface area (Å²) in [7, 11) is 0. The highest BCUT2D eigenvalue weighted by molar-refractivity contribution is 5.85. The molecule has 2 aromatic carbocycles. The third-order valence-corrected chi connectivity index (χ3v) is 7.47. The number of hydrogen-bond acceptors (Lipinski definition) is 1. The summed E-state index contributed by atoms with van der Waals surface area (Å²) in [6.45, 7) is 4.48. The highest BCUT2D eigenvalue weighted by atomic mass is 19.1. The Labute approximate surface area is 179 Å². The van der Waals surface area contributed by atoms with E-state index >= 15 is 4.39 Å². The molecule has 2 fully saturated rings. The van der Waals surface area contributed by atoms with Crippen molar-refractivity contribution in [1.29, 1.82) is 0 Å². The Morgan fingerprint density at radius 1 is 1.03 bits per heavy atom. The van der Waals surface area contributed by atoms with Crippen molar-refractivity contribution in [2.75, 3.05) is 6.61 Å². The molecule has 0 saturated heterocycles. The predicted molar refractivity (Wildman–Crippen MR) is 120 cm³/mol. The van der Waals surface area contributed by atoms with Crippen molar-refractivity contribution in [2.24, 2.45) is 17.8 Å². The molecule has 3 heteroatoms. The number of allylic oxidation sites excluding steroid dienone is 1. The first-order chi connectivity index (χ1) is 14.6. The molecule has 0 heterocycles. The lowest BCUT2D eigenvalue weighted by Crippen LogP contribution is -2.30. The Morgan fingerprint density at radius 2 is 1.83 bits per heavy atom. The molecule has 0 aromatic heterocycles. The molecule has 4 rings (SSSR count). The maximum Gasteiger partial charge on any atom is 0.172 e. The van der Waals surface area contributed by atoms with Crippen LogP contribution in [-0.4, -0.2) is 6.61 Å². The van der Waals surface area contributed by atoms with Gasteiger partial charge in [-0.2, -0.15) is 0 Å². The SMILES string of the molecule is C/C=C/COc1ccc2cc(C3CCC4CC(CCC)CCC4C3)c(F)cc2c1F. The first-order valence-corrected chi connectivity index (χ1v) is 11.8. The van der Waals surface area contributed by atoms with Gasteiger partial charge in [0.05, 0.1) is 0 Å². The van der Waals surface area contributed by atoms with Gasteiger partial charge in [-0.3, -0.25) is 0 Å². The number of halogens is 2. The minimum atomic E-state index is -0.472. The molecular weight excluding hydrogens is 378 g/mol. The van der Waals surface area contributed by atoms with Gasteiger partial charge >= 0.3 is 0 Å². The first kappa shape index (κ1) is 21.3. The molecule has 1 nitrogen and oxygen atoms in total. The highest BCUT2D eigenvalue weighted by Crippen LogP contribution is 2.49. The molecular formula is C27H34F2O. The fourth-order valence-corrected chi connectivity index (χ4v) is 5.90. The van der Waals surface area contributed by atoms with Gasteiger partial charge in [0, 0.05) is 5.39 Å². The van der Waals surface area contributed by atoms with E-state index in [0.717, 1.165) is 41.5 Å². The lowest BCUT2D eigenvalue weighted by Gasteiger charge is -2.42. The fraction of sp³-hybridized carbons (Fsp3) is 0.556. The van der Waals surface area contributed by atoms with Gasteiger partial charge in [0.15, 0.2) is 11.6 Å². The van der Waals surface area contributed by atoms with Crippen LogP contribution in [0.25, 0.3) is 10.8 Å². The van der Waals surface area contributed by atoms with Crippen LogP contribution >= 0.6 is 0 Å². The predicted octanol–water partition coefficient (Wildman–Crippen LogP) is 8.17. The summed E-state index contributed by atoms with van der Waals surface area (Å²) >= 11 is 0. The zero-order chi connectivity index (χ0) is 21.1. The molecule has 4 unspecified atom stereocenters. The highest BCUT2D eigenvalue weighted by Gasteiger charge is 2.36. The molecule has 0 spiro atoms. The third-order valence-electron chi connectivity index (χ3n) is 7.47. The van der Waals surface area contributed by atoms with Gasteiger partial charge in [-0.15, -0.1) is 0 Å². The molecule has 30 heavy (non-hydrogen) atoms. The Hall–Kier alpha value is -1.90. The average molecular weight is 413 g/mol. The molecule has 0 amide bonds.